The zero-order chi connectivity index (χ0) is 13.3. The molecule has 17 heavy (non-hydrogen) atoms. The van der Waals surface area contributed by atoms with E-state index in [1.165, 1.54) is 0 Å². The average molecular weight is 243 g/mol. The van der Waals surface area contributed by atoms with Crippen molar-refractivity contribution in [2.75, 3.05) is 27.2 Å². The minimum Gasteiger partial charge on any atom is -0.338 e. The molecule has 0 heterocycles. The molecule has 0 aliphatic rings. The van der Waals surface area contributed by atoms with Crippen molar-refractivity contribution in [1.29, 1.82) is 0 Å². The Balaban J connectivity index is 3.99. The molecule has 2 N–H and O–H groups in total. The molecule has 102 valence electrons. The van der Waals surface area contributed by atoms with Crippen LogP contribution in [0.1, 0.15) is 40.0 Å². The molecule has 0 aromatic heterocycles. The van der Waals surface area contributed by atoms with E-state index >= 15 is 0 Å². The maximum Gasteiger partial charge on any atom is 0.315 e. The number of carbonyl (C=O) groups excluding carboxylic acids is 1. The van der Waals surface area contributed by atoms with E-state index in [-0.39, 0.29) is 12.1 Å². The van der Waals surface area contributed by atoms with Crippen molar-refractivity contribution in [1.82, 2.24) is 15.5 Å². The Labute approximate surface area is 106 Å². The highest BCUT2D eigenvalue weighted by molar-refractivity contribution is 5.74. The maximum atomic E-state index is 11.7. The van der Waals surface area contributed by atoms with Crippen molar-refractivity contribution in [3.63, 3.8) is 0 Å². The summed E-state index contributed by atoms with van der Waals surface area (Å²) in [6, 6.07) is 0.192. The Hall–Kier alpha value is -0.770. The quantitative estimate of drug-likeness (QED) is 0.641. The van der Waals surface area contributed by atoms with Gasteiger partial charge < -0.3 is 15.5 Å². The first-order chi connectivity index (χ1) is 7.95. The van der Waals surface area contributed by atoms with Crippen molar-refractivity contribution in [3.05, 3.63) is 0 Å². The van der Waals surface area contributed by atoms with E-state index in [1.807, 2.05) is 14.1 Å². The maximum absolute atomic E-state index is 11.7. The van der Waals surface area contributed by atoms with E-state index in [2.05, 4.69) is 36.3 Å². The Morgan fingerprint density at radius 1 is 1.29 bits per heavy atom. The summed E-state index contributed by atoms with van der Waals surface area (Å²) in [5.74, 6) is 0.593. The van der Waals surface area contributed by atoms with Crippen molar-refractivity contribution in [2.24, 2.45) is 5.92 Å². The van der Waals surface area contributed by atoms with E-state index in [9.17, 15) is 4.79 Å². The summed E-state index contributed by atoms with van der Waals surface area (Å²) in [6.07, 6.45) is 3.16. The molecule has 0 aliphatic heterocycles. The third kappa shape index (κ3) is 10.1. The average Bonchev–Trinajstić information content (AvgIpc) is 2.15. The molecule has 0 saturated heterocycles. The van der Waals surface area contributed by atoms with Crippen LogP contribution in [0.25, 0.3) is 0 Å². The molecule has 2 amide bonds. The Morgan fingerprint density at radius 3 is 2.41 bits per heavy atom. The molecule has 0 bridgehead atoms. The summed E-state index contributed by atoms with van der Waals surface area (Å²) >= 11 is 0. The molecule has 1 atom stereocenters. The largest absolute Gasteiger partial charge is 0.338 e. The Morgan fingerprint density at radius 2 is 1.94 bits per heavy atom. The molecule has 0 fully saturated rings. The summed E-state index contributed by atoms with van der Waals surface area (Å²) in [7, 11) is 4.06. The van der Waals surface area contributed by atoms with Gasteiger partial charge in [0, 0.05) is 19.1 Å². The zero-order valence-electron chi connectivity index (χ0n) is 12.0. The summed E-state index contributed by atoms with van der Waals surface area (Å²) in [4.78, 5) is 13.8. The van der Waals surface area contributed by atoms with Crippen molar-refractivity contribution >= 4 is 6.03 Å². The van der Waals surface area contributed by atoms with Crippen LogP contribution in [-0.2, 0) is 0 Å². The zero-order valence-corrected chi connectivity index (χ0v) is 12.0. The molecule has 4 nitrogen and oxygen atoms in total. The van der Waals surface area contributed by atoms with Gasteiger partial charge in [0.1, 0.15) is 0 Å². The molecule has 0 rings (SSSR count). The van der Waals surface area contributed by atoms with E-state index in [0.29, 0.717) is 5.92 Å². The highest BCUT2D eigenvalue weighted by Gasteiger charge is 2.14. The van der Waals surface area contributed by atoms with Gasteiger partial charge in [-0.3, -0.25) is 0 Å². The number of amides is 2. The van der Waals surface area contributed by atoms with Crippen LogP contribution < -0.4 is 10.6 Å². The number of urea groups is 1. The number of hydrogen-bond acceptors (Lipinski definition) is 2. The number of unbranched alkanes of at least 4 members (excludes halogenated alkanes) is 1. The summed E-state index contributed by atoms with van der Waals surface area (Å²) < 4.78 is 0. The highest BCUT2D eigenvalue weighted by Crippen LogP contribution is 2.05. The molecule has 0 saturated carbocycles. The molecule has 0 aromatic rings. The third-order valence-electron chi connectivity index (χ3n) is 2.49. The first kappa shape index (κ1) is 16.2. The fraction of sp³-hybridized carbons (Fsp3) is 0.923. The highest BCUT2D eigenvalue weighted by atomic mass is 16.2. The summed E-state index contributed by atoms with van der Waals surface area (Å²) in [5, 5.41) is 5.94. The predicted molar refractivity (Wildman–Crippen MR) is 73.2 cm³/mol. The molecular weight excluding hydrogens is 214 g/mol. The van der Waals surface area contributed by atoms with Crippen LogP contribution in [0.15, 0.2) is 0 Å². The lowest BCUT2D eigenvalue weighted by atomic mass is 10.0. The number of rotatable bonds is 8. The molecule has 1 unspecified atom stereocenters. The van der Waals surface area contributed by atoms with Gasteiger partial charge in [-0.25, -0.2) is 4.79 Å². The van der Waals surface area contributed by atoms with Gasteiger partial charge in [0.2, 0.25) is 0 Å². The standard InChI is InChI=1S/C13H29N3O/c1-6-7-8-14-13(17)15-12(9-11(2)3)10-16(4)5/h11-12H,6-10H2,1-5H3,(H2,14,15,17). The van der Waals surface area contributed by atoms with E-state index in [1.54, 1.807) is 0 Å². The second-order valence-corrected chi connectivity index (χ2v) is 5.34. The Kier molecular flexibility index (Phi) is 8.86. The normalized spacial score (nSPS) is 12.9. The Bertz CT molecular complexity index is 195. The molecule has 0 aliphatic carbocycles. The van der Waals surface area contributed by atoms with E-state index < -0.39 is 0 Å². The van der Waals surface area contributed by atoms with Crippen LogP contribution in [0, 0.1) is 5.92 Å². The molecule has 0 spiro atoms. The fourth-order valence-corrected chi connectivity index (χ4v) is 1.80. The number of nitrogens with zero attached hydrogens (tertiary/aromatic N) is 1. The molecule has 0 radical (unpaired) electrons. The van der Waals surface area contributed by atoms with Crippen LogP contribution >= 0.6 is 0 Å². The number of hydrogen-bond donors (Lipinski definition) is 2. The SMILES string of the molecule is CCCCNC(=O)NC(CC(C)C)CN(C)C. The monoisotopic (exact) mass is 243 g/mol. The van der Waals surface area contributed by atoms with Gasteiger partial charge >= 0.3 is 6.03 Å². The fourth-order valence-electron chi connectivity index (χ4n) is 1.80. The summed E-state index contributed by atoms with van der Waals surface area (Å²) in [5.41, 5.74) is 0. The van der Waals surface area contributed by atoms with Gasteiger partial charge in [-0.15, -0.1) is 0 Å². The van der Waals surface area contributed by atoms with Gasteiger partial charge in [-0.05, 0) is 32.9 Å². The number of nitrogens with one attached hydrogen (secondary N) is 2. The van der Waals surface area contributed by atoms with Crippen LogP contribution in [0.4, 0.5) is 4.79 Å². The van der Waals surface area contributed by atoms with Crippen LogP contribution in [0.3, 0.4) is 0 Å². The smallest absolute Gasteiger partial charge is 0.315 e. The minimum atomic E-state index is -0.0362. The second kappa shape index (κ2) is 9.28. The number of likely N-dealkylation sites (N-methyl/N-ethyl adjacent to an activating group) is 1. The first-order valence-corrected chi connectivity index (χ1v) is 6.64. The van der Waals surface area contributed by atoms with E-state index in [0.717, 1.165) is 32.4 Å². The molecule has 4 heteroatoms. The van der Waals surface area contributed by atoms with Crippen molar-refractivity contribution in [2.45, 2.75) is 46.1 Å². The molecule has 0 aromatic carbocycles. The lowest BCUT2D eigenvalue weighted by Gasteiger charge is -2.24. The first-order valence-electron chi connectivity index (χ1n) is 6.64. The third-order valence-corrected chi connectivity index (χ3v) is 2.49. The van der Waals surface area contributed by atoms with Crippen LogP contribution in [-0.4, -0.2) is 44.2 Å². The topological polar surface area (TPSA) is 44.4 Å². The van der Waals surface area contributed by atoms with Gasteiger partial charge in [0.25, 0.3) is 0 Å². The second-order valence-electron chi connectivity index (χ2n) is 5.34. The molecular formula is C13H29N3O. The number of carbonyl (C=O) groups is 1. The lowest BCUT2D eigenvalue weighted by Crippen LogP contribution is -2.47. The lowest BCUT2D eigenvalue weighted by molar-refractivity contribution is 0.229. The van der Waals surface area contributed by atoms with Gasteiger partial charge in [0.05, 0.1) is 0 Å². The van der Waals surface area contributed by atoms with Gasteiger partial charge in [-0.2, -0.15) is 0 Å². The van der Waals surface area contributed by atoms with Gasteiger partial charge in [0.15, 0.2) is 0 Å². The van der Waals surface area contributed by atoms with Crippen molar-refractivity contribution in [3.8, 4) is 0 Å². The predicted octanol–water partition coefficient (Wildman–Crippen LogP) is 2.06. The minimum absolute atomic E-state index is 0.0362. The summed E-state index contributed by atoms with van der Waals surface area (Å²) in [6.45, 7) is 8.13. The van der Waals surface area contributed by atoms with E-state index in [4.69, 9.17) is 0 Å². The van der Waals surface area contributed by atoms with Crippen molar-refractivity contribution < 1.29 is 4.79 Å². The van der Waals surface area contributed by atoms with Gasteiger partial charge in [-0.1, -0.05) is 27.2 Å². The van der Waals surface area contributed by atoms with Crippen LogP contribution in [0.5, 0.6) is 0 Å². The van der Waals surface area contributed by atoms with Crippen LogP contribution in [0.2, 0.25) is 0 Å².